The number of alkyl halides is 2. The lowest BCUT2D eigenvalue weighted by Crippen LogP contribution is -2.25. The number of pyridine rings is 1. The second-order valence-electron chi connectivity index (χ2n) is 8.29. The van der Waals surface area contributed by atoms with Gasteiger partial charge < -0.3 is 19.7 Å². The van der Waals surface area contributed by atoms with Crippen LogP contribution in [-0.2, 0) is 4.79 Å². The highest BCUT2D eigenvalue weighted by Crippen LogP contribution is 2.48. The Bertz CT molecular complexity index is 905. The van der Waals surface area contributed by atoms with Gasteiger partial charge in [0.1, 0.15) is 23.4 Å². The van der Waals surface area contributed by atoms with Crippen molar-refractivity contribution in [1.82, 2.24) is 10.3 Å². The summed E-state index contributed by atoms with van der Waals surface area (Å²) < 4.78 is 37.4. The minimum Gasteiger partial charge on any atom is -0.491 e. The Labute approximate surface area is 180 Å². The molecule has 1 aromatic heterocycles. The van der Waals surface area contributed by atoms with Crippen molar-refractivity contribution in [3.8, 4) is 11.5 Å². The summed E-state index contributed by atoms with van der Waals surface area (Å²) in [4.78, 5) is 17.7. The molecule has 1 N–H and O–H groups in total. The molecule has 2 heterocycles. The maximum atomic E-state index is 12.9. The Morgan fingerprint density at radius 2 is 1.97 bits per heavy atom. The van der Waals surface area contributed by atoms with Gasteiger partial charge in [0.05, 0.1) is 31.3 Å². The fourth-order valence-electron chi connectivity index (χ4n) is 3.74. The van der Waals surface area contributed by atoms with Crippen molar-refractivity contribution >= 4 is 11.7 Å². The summed E-state index contributed by atoms with van der Waals surface area (Å²) in [6, 6.07) is 11.3. The third kappa shape index (κ3) is 5.42. The first-order valence-corrected chi connectivity index (χ1v) is 10.6. The number of hydrogen-bond donors (Lipinski definition) is 1. The van der Waals surface area contributed by atoms with Gasteiger partial charge in [-0.2, -0.15) is 0 Å². The van der Waals surface area contributed by atoms with Crippen LogP contribution in [0.3, 0.4) is 0 Å². The van der Waals surface area contributed by atoms with Crippen LogP contribution in [0.15, 0.2) is 42.6 Å². The predicted octanol–water partition coefficient (Wildman–Crippen LogP) is 3.97. The number of ether oxygens (including phenoxy) is 2. The van der Waals surface area contributed by atoms with Crippen LogP contribution in [0, 0.1) is 5.92 Å². The highest BCUT2D eigenvalue weighted by molar-refractivity contribution is 5.73. The Balaban J connectivity index is 1.26. The van der Waals surface area contributed by atoms with Gasteiger partial charge in [-0.3, -0.25) is 4.79 Å². The largest absolute Gasteiger partial charge is 0.491 e. The Kier molecular flexibility index (Phi) is 5.98. The molecular weight excluding hydrogens is 404 g/mol. The van der Waals surface area contributed by atoms with Gasteiger partial charge >= 0.3 is 0 Å². The van der Waals surface area contributed by atoms with Crippen LogP contribution in [0.4, 0.5) is 14.6 Å². The van der Waals surface area contributed by atoms with Crippen LogP contribution >= 0.6 is 0 Å². The zero-order valence-electron chi connectivity index (χ0n) is 17.7. The molecule has 0 spiro atoms. The molecule has 2 fully saturated rings. The summed E-state index contributed by atoms with van der Waals surface area (Å²) in [5.41, 5.74) is 1.02. The fraction of sp³-hybridized carbons (Fsp3) is 0.478. The highest BCUT2D eigenvalue weighted by atomic mass is 19.3. The second kappa shape index (κ2) is 8.69. The summed E-state index contributed by atoms with van der Waals surface area (Å²) >= 11 is 0. The van der Waals surface area contributed by atoms with Crippen molar-refractivity contribution in [2.75, 3.05) is 24.6 Å². The van der Waals surface area contributed by atoms with Crippen LogP contribution in [0.25, 0.3) is 0 Å². The quantitative estimate of drug-likeness (QED) is 0.685. The van der Waals surface area contributed by atoms with Crippen LogP contribution in [-0.4, -0.2) is 42.6 Å². The number of amides is 1. The van der Waals surface area contributed by atoms with Crippen molar-refractivity contribution in [3.63, 3.8) is 0 Å². The maximum absolute atomic E-state index is 12.9. The van der Waals surface area contributed by atoms with Gasteiger partial charge in [0.25, 0.3) is 5.92 Å². The molecule has 0 bridgehead atoms. The number of aromatic nitrogens is 1. The number of anilines is 1. The van der Waals surface area contributed by atoms with E-state index >= 15 is 0 Å². The average molecular weight is 431 g/mol. The zero-order valence-corrected chi connectivity index (χ0v) is 17.7. The van der Waals surface area contributed by atoms with E-state index in [2.05, 4.69) is 15.2 Å². The van der Waals surface area contributed by atoms with E-state index in [1.165, 1.54) is 6.92 Å². The number of rotatable bonds is 8. The molecule has 8 heteroatoms. The summed E-state index contributed by atoms with van der Waals surface area (Å²) in [5, 5.41) is 2.86. The minimum absolute atomic E-state index is 0.0238. The average Bonchev–Trinajstić information content (AvgIpc) is 3.11. The third-order valence-corrected chi connectivity index (χ3v) is 5.70. The molecule has 31 heavy (non-hydrogen) atoms. The summed E-state index contributed by atoms with van der Waals surface area (Å²) in [5.74, 6) is -1.19. The summed E-state index contributed by atoms with van der Waals surface area (Å²) in [7, 11) is 0. The van der Waals surface area contributed by atoms with E-state index in [-0.39, 0.29) is 31.1 Å². The number of halogens is 2. The topological polar surface area (TPSA) is 63.7 Å². The van der Waals surface area contributed by atoms with Crippen LogP contribution < -0.4 is 19.7 Å². The molecule has 1 aliphatic heterocycles. The molecule has 1 saturated carbocycles. The van der Waals surface area contributed by atoms with Gasteiger partial charge in [-0.1, -0.05) is 12.1 Å². The molecule has 2 aromatic rings. The summed E-state index contributed by atoms with van der Waals surface area (Å²) in [6.07, 6.45) is 2.42. The van der Waals surface area contributed by atoms with Crippen LogP contribution in [0.1, 0.15) is 38.3 Å². The Morgan fingerprint density at radius 3 is 2.58 bits per heavy atom. The lowest BCUT2D eigenvalue weighted by atomic mass is 10.1. The van der Waals surface area contributed by atoms with E-state index in [9.17, 15) is 13.6 Å². The lowest BCUT2D eigenvalue weighted by Gasteiger charge is -2.19. The van der Waals surface area contributed by atoms with Crippen molar-refractivity contribution in [2.24, 2.45) is 5.92 Å². The second-order valence-corrected chi connectivity index (χ2v) is 8.29. The molecule has 3 atom stereocenters. The van der Waals surface area contributed by atoms with Gasteiger partial charge in [0, 0.05) is 26.3 Å². The normalized spacial score (nSPS) is 22.6. The third-order valence-electron chi connectivity index (χ3n) is 5.70. The minimum atomic E-state index is -2.57. The monoisotopic (exact) mass is 431 g/mol. The Morgan fingerprint density at radius 1 is 1.26 bits per heavy atom. The zero-order chi connectivity index (χ0) is 22.0. The number of nitrogens with one attached hydrogen (secondary N) is 1. The van der Waals surface area contributed by atoms with Gasteiger partial charge in [0.2, 0.25) is 5.91 Å². The van der Waals surface area contributed by atoms with Crippen molar-refractivity contribution in [3.05, 3.63) is 48.2 Å². The molecule has 166 valence electrons. The first kappa shape index (κ1) is 21.3. The van der Waals surface area contributed by atoms with Gasteiger partial charge in [-0.15, -0.1) is 0 Å². The predicted molar refractivity (Wildman–Crippen MR) is 113 cm³/mol. The lowest BCUT2D eigenvalue weighted by molar-refractivity contribution is -0.119. The number of nitrogens with zero attached hydrogens (tertiary/aromatic N) is 2. The molecule has 1 aliphatic carbocycles. The van der Waals surface area contributed by atoms with E-state index in [0.29, 0.717) is 12.3 Å². The SMILES string of the molecule is CC(=O)N[C@@H](C)c1ccc(OC2CCN(c3ccc(OCC4CC4(F)F)cn3)C2)cc1. The maximum Gasteiger partial charge on any atom is 0.255 e. The van der Waals surface area contributed by atoms with Crippen LogP contribution in [0.2, 0.25) is 0 Å². The summed E-state index contributed by atoms with van der Waals surface area (Å²) in [6.45, 7) is 5.01. The first-order chi connectivity index (χ1) is 14.8. The van der Waals surface area contributed by atoms with Gasteiger partial charge in [0.15, 0.2) is 0 Å². The number of benzene rings is 1. The molecule has 0 radical (unpaired) electrons. The van der Waals surface area contributed by atoms with E-state index < -0.39 is 11.8 Å². The molecular formula is C23H27F2N3O3. The number of hydrogen-bond acceptors (Lipinski definition) is 5. The molecule has 2 unspecified atom stereocenters. The van der Waals surface area contributed by atoms with E-state index in [4.69, 9.17) is 9.47 Å². The molecule has 6 nitrogen and oxygen atoms in total. The highest BCUT2D eigenvalue weighted by Gasteiger charge is 2.57. The van der Waals surface area contributed by atoms with E-state index in [1.54, 1.807) is 12.3 Å². The molecule has 1 amide bonds. The number of carbonyl (C=O) groups is 1. The number of carbonyl (C=O) groups excluding carboxylic acids is 1. The standard InChI is InChI=1S/C23H27F2N3O3/c1-15(27-16(2)29)17-3-5-19(6-4-17)31-21-9-10-28(13-21)22-8-7-20(12-26-22)30-14-18-11-23(18,24)25/h3-8,12,15,18,21H,9-11,13-14H2,1-2H3,(H,27,29)/t15-,18?,21?/m0/s1. The van der Waals surface area contributed by atoms with E-state index in [1.807, 2.05) is 37.3 Å². The van der Waals surface area contributed by atoms with Crippen molar-refractivity contribution in [1.29, 1.82) is 0 Å². The van der Waals surface area contributed by atoms with Crippen molar-refractivity contribution < 1.29 is 23.0 Å². The van der Waals surface area contributed by atoms with Crippen molar-refractivity contribution in [2.45, 2.75) is 44.8 Å². The molecule has 1 aromatic carbocycles. The van der Waals surface area contributed by atoms with Gasteiger partial charge in [-0.25, -0.2) is 13.8 Å². The molecule has 2 aliphatic rings. The van der Waals surface area contributed by atoms with E-state index in [0.717, 1.165) is 30.1 Å². The van der Waals surface area contributed by atoms with Crippen LogP contribution in [0.5, 0.6) is 11.5 Å². The smallest absolute Gasteiger partial charge is 0.255 e. The molecule has 4 rings (SSSR count). The molecule has 1 saturated heterocycles. The first-order valence-electron chi connectivity index (χ1n) is 10.6. The Hall–Kier alpha value is -2.90. The van der Waals surface area contributed by atoms with Gasteiger partial charge in [-0.05, 0) is 36.8 Å². The fourth-order valence-corrected chi connectivity index (χ4v) is 3.74.